The molecule has 1 aromatic carbocycles. The van der Waals surface area contributed by atoms with E-state index in [1.165, 1.54) is 6.07 Å². The van der Waals surface area contributed by atoms with Crippen molar-refractivity contribution in [3.8, 4) is 11.3 Å². The summed E-state index contributed by atoms with van der Waals surface area (Å²) in [5.74, 6) is -0.178. The normalized spacial score (nSPS) is 10.9. The quantitative estimate of drug-likeness (QED) is 0.900. The molecule has 0 unspecified atom stereocenters. The van der Waals surface area contributed by atoms with E-state index in [0.29, 0.717) is 5.56 Å². The molecule has 0 amide bonds. The van der Waals surface area contributed by atoms with Crippen LogP contribution in [0.1, 0.15) is 18.1 Å². The van der Waals surface area contributed by atoms with Crippen LogP contribution in [0.25, 0.3) is 11.3 Å². The smallest absolute Gasteiger partial charge is 0.126 e. The number of hydrogen-bond acceptors (Lipinski definition) is 2. The van der Waals surface area contributed by atoms with Gasteiger partial charge in [0.05, 0.1) is 5.69 Å². The highest BCUT2D eigenvalue weighted by Gasteiger charge is 2.10. The first-order chi connectivity index (χ1) is 8.61. The predicted octanol–water partition coefficient (Wildman–Crippen LogP) is 2.64. The van der Waals surface area contributed by atoms with Gasteiger partial charge in [-0.25, -0.2) is 4.39 Å². The molecule has 0 saturated carbocycles. The Bertz CT molecular complexity index is 546. The number of benzene rings is 1. The highest BCUT2D eigenvalue weighted by atomic mass is 19.1. The van der Waals surface area contributed by atoms with E-state index in [2.05, 4.69) is 17.3 Å². The summed E-state index contributed by atoms with van der Waals surface area (Å²) in [5, 5.41) is 7.75. The number of aromatic nitrogens is 2. The van der Waals surface area contributed by atoms with Crippen LogP contribution in [-0.4, -0.2) is 16.3 Å². The Morgan fingerprint density at radius 1 is 1.39 bits per heavy atom. The molecule has 1 heterocycles. The van der Waals surface area contributed by atoms with Gasteiger partial charge in [-0.15, -0.1) is 0 Å². The molecule has 1 N–H and O–H groups in total. The molecular formula is C14H18FN3. The van der Waals surface area contributed by atoms with Crippen molar-refractivity contribution in [1.82, 2.24) is 15.1 Å². The van der Waals surface area contributed by atoms with Crippen molar-refractivity contribution in [2.75, 3.05) is 6.54 Å². The fraction of sp³-hybridized carbons (Fsp3) is 0.357. The van der Waals surface area contributed by atoms with Gasteiger partial charge in [-0.05, 0) is 37.2 Å². The first-order valence-corrected chi connectivity index (χ1v) is 6.11. The van der Waals surface area contributed by atoms with Gasteiger partial charge in [0.15, 0.2) is 0 Å². The van der Waals surface area contributed by atoms with E-state index < -0.39 is 0 Å². The Morgan fingerprint density at radius 3 is 2.83 bits per heavy atom. The Kier molecular flexibility index (Phi) is 3.77. The maximum Gasteiger partial charge on any atom is 0.126 e. The van der Waals surface area contributed by atoms with Crippen molar-refractivity contribution in [2.45, 2.75) is 20.4 Å². The highest BCUT2D eigenvalue weighted by Crippen LogP contribution is 2.23. The first kappa shape index (κ1) is 12.8. The van der Waals surface area contributed by atoms with Crippen molar-refractivity contribution < 1.29 is 4.39 Å². The van der Waals surface area contributed by atoms with Crippen molar-refractivity contribution in [3.05, 3.63) is 41.3 Å². The van der Waals surface area contributed by atoms with Crippen LogP contribution in [0.5, 0.6) is 0 Å². The fourth-order valence-corrected chi connectivity index (χ4v) is 1.96. The number of hydrogen-bond donors (Lipinski definition) is 1. The Hall–Kier alpha value is -1.68. The van der Waals surface area contributed by atoms with Crippen LogP contribution in [0.3, 0.4) is 0 Å². The molecule has 4 heteroatoms. The SMILES string of the molecule is CCNCc1cn(C)nc1-c1ccc(F)c(C)c1. The van der Waals surface area contributed by atoms with E-state index in [-0.39, 0.29) is 5.82 Å². The van der Waals surface area contributed by atoms with E-state index in [4.69, 9.17) is 0 Å². The van der Waals surface area contributed by atoms with E-state index in [0.717, 1.165) is 29.9 Å². The molecule has 0 aliphatic rings. The van der Waals surface area contributed by atoms with Crippen LogP contribution in [0, 0.1) is 12.7 Å². The average molecular weight is 247 g/mol. The summed E-state index contributed by atoms with van der Waals surface area (Å²) in [7, 11) is 1.90. The summed E-state index contributed by atoms with van der Waals surface area (Å²) in [5.41, 5.74) is 3.65. The summed E-state index contributed by atoms with van der Waals surface area (Å²) < 4.78 is 15.1. The molecule has 0 aliphatic carbocycles. The van der Waals surface area contributed by atoms with Crippen molar-refractivity contribution in [2.24, 2.45) is 7.05 Å². The molecule has 0 spiro atoms. The van der Waals surface area contributed by atoms with Crippen LogP contribution >= 0.6 is 0 Å². The zero-order chi connectivity index (χ0) is 13.1. The standard InChI is InChI=1S/C14H18FN3/c1-4-16-8-12-9-18(3)17-14(12)11-5-6-13(15)10(2)7-11/h5-7,9,16H,4,8H2,1-3H3. The Balaban J connectivity index is 2.39. The number of aryl methyl sites for hydroxylation is 2. The fourth-order valence-electron chi connectivity index (χ4n) is 1.96. The van der Waals surface area contributed by atoms with Crippen molar-refractivity contribution in [1.29, 1.82) is 0 Å². The molecule has 0 saturated heterocycles. The van der Waals surface area contributed by atoms with Crippen LogP contribution in [0.4, 0.5) is 4.39 Å². The maximum atomic E-state index is 13.3. The molecule has 0 fully saturated rings. The number of nitrogens with zero attached hydrogens (tertiary/aromatic N) is 2. The van der Waals surface area contributed by atoms with Gasteiger partial charge in [0.1, 0.15) is 5.82 Å². The van der Waals surface area contributed by atoms with E-state index in [1.54, 1.807) is 17.7 Å². The molecule has 96 valence electrons. The van der Waals surface area contributed by atoms with Crippen LogP contribution in [0.15, 0.2) is 24.4 Å². The topological polar surface area (TPSA) is 29.9 Å². The molecule has 0 bridgehead atoms. The molecule has 0 atom stereocenters. The predicted molar refractivity (Wildman–Crippen MR) is 70.7 cm³/mol. The van der Waals surface area contributed by atoms with Crippen molar-refractivity contribution in [3.63, 3.8) is 0 Å². The Morgan fingerprint density at radius 2 is 2.17 bits per heavy atom. The maximum absolute atomic E-state index is 13.3. The number of rotatable bonds is 4. The van der Waals surface area contributed by atoms with Gasteiger partial charge >= 0.3 is 0 Å². The number of halogens is 1. The van der Waals surface area contributed by atoms with Gasteiger partial charge < -0.3 is 5.32 Å². The second-order valence-corrected chi connectivity index (χ2v) is 4.42. The molecular weight excluding hydrogens is 229 g/mol. The van der Waals surface area contributed by atoms with Gasteiger partial charge in [0.25, 0.3) is 0 Å². The lowest BCUT2D eigenvalue weighted by Gasteiger charge is -2.04. The third kappa shape index (κ3) is 2.59. The molecule has 0 aliphatic heterocycles. The second-order valence-electron chi connectivity index (χ2n) is 4.42. The second kappa shape index (κ2) is 5.31. The van der Waals surface area contributed by atoms with Gasteiger partial charge in [-0.1, -0.05) is 6.92 Å². The Labute approximate surface area is 107 Å². The summed E-state index contributed by atoms with van der Waals surface area (Å²) in [6.07, 6.45) is 2.00. The molecule has 3 nitrogen and oxygen atoms in total. The van der Waals surface area contributed by atoms with E-state index in [1.807, 2.05) is 19.3 Å². The van der Waals surface area contributed by atoms with Crippen LogP contribution < -0.4 is 5.32 Å². The van der Waals surface area contributed by atoms with Crippen LogP contribution in [0.2, 0.25) is 0 Å². The third-order valence-corrected chi connectivity index (χ3v) is 2.90. The van der Waals surface area contributed by atoms with Gasteiger partial charge in [0.2, 0.25) is 0 Å². The highest BCUT2D eigenvalue weighted by molar-refractivity contribution is 5.63. The monoisotopic (exact) mass is 247 g/mol. The average Bonchev–Trinajstić information content (AvgIpc) is 2.71. The molecule has 0 radical (unpaired) electrons. The lowest BCUT2D eigenvalue weighted by molar-refractivity contribution is 0.618. The lowest BCUT2D eigenvalue weighted by atomic mass is 10.1. The summed E-state index contributed by atoms with van der Waals surface area (Å²) >= 11 is 0. The zero-order valence-electron chi connectivity index (χ0n) is 11.0. The van der Waals surface area contributed by atoms with Crippen LogP contribution in [-0.2, 0) is 13.6 Å². The van der Waals surface area contributed by atoms with Gasteiger partial charge in [0, 0.05) is 30.9 Å². The molecule has 1 aromatic heterocycles. The molecule has 2 aromatic rings. The largest absolute Gasteiger partial charge is 0.313 e. The number of nitrogens with one attached hydrogen (secondary N) is 1. The van der Waals surface area contributed by atoms with E-state index in [9.17, 15) is 4.39 Å². The minimum atomic E-state index is -0.178. The van der Waals surface area contributed by atoms with E-state index >= 15 is 0 Å². The first-order valence-electron chi connectivity index (χ1n) is 6.11. The summed E-state index contributed by atoms with van der Waals surface area (Å²) in [4.78, 5) is 0. The minimum Gasteiger partial charge on any atom is -0.313 e. The van der Waals surface area contributed by atoms with Crippen molar-refractivity contribution >= 4 is 0 Å². The summed E-state index contributed by atoms with van der Waals surface area (Å²) in [6.45, 7) is 5.52. The molecule has 18 heavy (non-hydrogen) atoms. The zero-order valence-corrected chi connectivity index (χ0v) is 11.0. The molecule has 2 rings (SSSR count). The summed E-state index contributed by atoms with van der Waals surface area (Å²) in [6, 6.07) is 5.11. The van der Waals surface area contributed by atoms with Gasteiger partial charge in [-0.2, -0.15) is 5.10 Å². The third-order valence-electron chi connectivity index (χ3n) is 2.90. The minimum absolute atomic E-state index is 0.178. The lowest BCUT2D eigenvalue weighted by Crippen LogP contribution is -2.11. The van der Waals surface area contributed by atoms with Gasteiger partial charge in [-0.3, -0.25) is 4.68 Å².